The smallest absolute Gasteiger partial charge is 0.303 e. The Bertz CT molecular complexity index is 953. The summed E-state index contributed by atoms with van der Waals surface area (Å²) >= 11 is 0. The summed E-state index contributed by atoms with van der Waals surface area (Å²) in [5.41, 5.74) is 0.985. The topological polar surface area (TPSA) is 66.2 Å². The SMILES string of the molecule is CO[C@H]1O[C@@H]2CO[C@H](c3ccccc3)O[C@H]2[C@@H](N2[C@@H]3[C@H]4C[C@@H]([C@@H]5CC=C[C@@H]54)[C@@H]32)[C@@H]1OC(C)=O. The third kappa shape index (κ3) is 3.03. The van der Waals surface area contributed by atoms with E-state index in [1.165, 1.54) is 19.8 Å². The molecule has 1 unspecified atom stereocenters. The van der Waals surface area contributed by atoms with Gasteiger partial charge in [0, 0.05) is 31.7 Å². The van der Waals surface area contributed by atoms with Crippen LogP contribution in [-0.2, 0) is 28.5 Å². The molecular formula is C26H31NO6. The number of carbonyl (C=O) groups is 1. The highest BCUT2D eigenvalue weighted by Crippen LogP contribution is 2.67. The molecule has 3 aliphatic carbocycles. The maximum Gasteiger partial charge on any atom is 0.303 e. The first-order chi connectivity index (χ1) is 16.2. The van der Waals surface area contributed by atoms with E-state index < -0.39 is 18.7 Å². The molecule has 0 spiro atoms. The second kappa shape index (κ2) is 7.62. The van der Waals surface area contributed by atoms with E-state index in [1.54, 1.807) is 7.11 Å². The number of benzene rings is 1. The number of likely N-dealkylation sites (tertiary alicyclic amines) is 1. The Morgan fingerprint density at radius 2 is 1.88 bits per heavy atom. The number of fused-ring (bicyclic) bond motifs is 9. The second-order valence-electron chi connectivity index (χ2n) is 10.4. The van der Waals surface area contributed by atoms with Crippen molar-refractivity contribution in [2.45, 2.75) is 68.8 Å². The van der Waals surface area contributed by atoms with Gasteiger partial charge in [-0.25, -0.2) is 0 Å². The lowest BCUT2D eigenvalue weighted by Gasteiger charge is -2.49. The standard InChI is InChI=1S/C26H31NO6/c1-13(28)31-24-22(27-20-17-11-18(21(20)27)16-10-6-9-15(16)17)23-19(32-26(24)29-2)12-30-25(33-23)14-7-4-3-5-8-14/h3-9,15-26H,10-12H2,1-2H3/t15-,16+,17-,18-,19+,20+,21-,22+,23+,24-,25-,26-,27?/m0/s1. The van der Waals surface area contributed by atoms with E-state index in [-0.39, 0.29) is 24.2 Å². The molecule has 3 aliphatic heterocycles. The molecular weight excluding hydrogens is 422 g/mol. The fourth-order valence-electron chi connectivity index (χ4n) is 7.84. The quantitative estimate of drug-likeness (QED) is 0.395. The van der Waals surface area contributed by atoms with E-state index in [0.29, 0.717) is 36.4 Å². The number of carbonyl (C=O) groups excluding carboxylic acids is 1. The number of allylic oxidation sites excluding steroid dienone is 2. The summed E-state index contributed by atoms with van der Waals surface area (Å²) in [5, 5.41) is 0. The Balaban J connectivity index is 1.22. The number of rotatable bonds is 4. The molecule has 5 fully saturated rings. The van der Waals surface area contributed by atoms with Gasteiger partial charge in [-0.05, 0) is 36.5 Å². The predicted octanol–water partition coefficient (Wildman–Crippen LogP) is 2.67. The van der Waals surface area contributed by atoms with Crippen LogP contribution in [0.2, 0.25) is 0 Å². The number of piperidine rings is 1. The van der Waals surface area contributed by atoms with Crippen molar-refractivity contribution in [2.24, 2.45) is 23.7 Å². The molecule has 3 saturated heterocycles. The monoisotopic (exact) mass is 453 g/mol. The Kier molecular flexibility index (Phi) is 4.75. The van der Waals surface area contributed by atoms with E-state index in [2.05, 4.69) is 17.1 Å². The van der Waals surface area contributed by atoms with E-state index >= 15 is 0 Å². The van der Waals surface area contributed by atoms with Crippen molar-refractivity contribution in [2.75, 3.05) is 13.7 Å². The van der Waals surface area contributed by atoms with E-state index in [0.717, 1.165) is 11.5 Å². The average Bonchev–Trinajstić information content (AvgIpc) is 3.15. The lowest BCUT2D eigenvalue weighted by Crippen LogP contribution is -2.66. The van der Waals surface area contributed by atoms with Crippen LogP contribution in [0.5, 0.6) is 0 Å². The maximum absolute atomic E-state index is 12.1. The molecule has 3 heterocycles. The molecule has 0 aromatic heterocycles. The van der Waals surface area contributed by atoms with Crippen LogP contribution in [0.25, 0.3) is 0 Å². The summed E-state index contributed by atoms with van der Waals surface area (Å²) in [5.74, 6) is 2.55. The minimum absolute atomic E-state index is 0.115. The largest absolute Gasteiger partial charge is 0.455 e. The lowest BCUT2D eigenvalue weighted by molar-refractivity contribution is -0.347. The summed E-state index contributed by atoms with van der Waals surface area (Å²) in [4.78, 5) is 14.7. The third-order valence-electron chi connectivity index (χ3n) is 8.94. The molecule has 6 aliphatic rings. The molecule has 0 amide bonds. The minimum atomic E-state index is -0.640. The van der Waals surface area contributed by atoms with Crippen molar-refractivity contribution >= 4 is 5.97 Å². The van der Waals surface area contributed by atoms with Gasteiger partial charge in [0.05, 0.1) is 12.6 Å². The second-order valence-corrected chi connectivity index (χ2v) is 10.4. The van der Waals surface area contributed by atoms with Gasteiger partial charge in [-0.15, -0.1) is 0 Å². The number of hydrogen-bond donors (Lipinski definition) is 0. The van der Waals surface area contributed by atoms with Crippen molar-refractivity contribution in [1.82, 2.24) is 4.90 Å². The average molecular weight is 454 g/mol. The molecule has 7 nitrogen and oxygen atoms in total. The zero-order valence-corrected chi connectivity index (χ0v) is 19.0. The van der Waals surface area contributed by atoms with E-state index in [9.17, 15) is 4.79 Å². The van der Waals surface area contributed by atoms with Crippen LogP contribution in [0.3, 0.4) is 0 Å². The van der Waals surface area contributed by atoms with Crippen molar-refractivity contribution in [1.29, 1.82) is 0 Å². The first kappa shape index (κ1) is 20.6. The minimum Gasteiger partial charge on any atom is -0.455 e. The molecule has 33 heavy (non-hydrogen) atoms. The highest BCUT2D eigenvalue weighted by molar-refractivity contribution is 5.66. The number of methoxy groups -OCH3 is 1. The number of nitrogens with zero attached hydrogens (tertiary/aromatic N) is 1. The Morgan fingerprint density at radius 1 is 1.06 bits per heavy atom. The van der Waals surface area contributed by atoms with Crippen LogP contribution in [0.1, 0.15) is 31.6 Å². The van der Waals surface area contributed by atoms with Gasteiger partial charge >= 0.3 is 5.97 Å². The van der Waals surface area contributed by atoms with Crippen LogP contribution in [0.15, 0.2) is 42.5 Å². The van der Waals surface area contributed by atoms with Gasteiger partial charge in [-0.1, -0.05) is 42.5 Å². The van der Waals surface area contributed by atoms with Crippen LogP contribution < -0.4 is 0 Å². The zero-order valence-electron chi connectivity index (χ0n) is 19.0. The molecule has 2 bridgehead atoms. The molecule has 1 aromatic carbocycles. The predicted molar refractivity (Wildman–Crippen MR) is 117 cm³/mol. The Morgan fingerprint density at radius 3 is 2.67 bits per heavy atom. The van der Waals surface area contributed by atoms with Gasteiger partial charge in [-0.3, -0.25) is 9.69 Å². The molecule has 176 valence electrons. The highest BCUT2D eigenvalue weighted by Gasteiger charge is 2.74. The van der Waals surface area contributed by atoms with Gasteiger partial charge in [-0.2, -0.15) is 0 Å². The van der Waals surface area contributed by atoms with Gasteiger partial charge in [0.25, 0.3) is 0 Å². The molecule has 1 aromatic rings. The first-order valence-electron chi connectivity index (χ1n) is 12.3. The van der Waals surface area contributed by atoms with E-state index in [4.69, 9.17) is 23.7 Å². The number of hydrogen-bond acceptors (Lipinski definition) is 7. The molecule has 13 atom stereocenters. The first-order valence-corrected chi connectivity index (χ1v) is 12.3. The van der Waals surface area contributed by atoms with Gasteiger partial charge < -0.3 is 23.7 Å². The summed E-state index contributed by atoms with van der Waals surface area (Å²) in [7, 11) is 1.61. The number of ether oxygens (including phenoxy) is 5. The fraction of sp³-hybridized carbons (Fsp3) is 0.654. The summed E-state index contributed by atoms with van der Waals surface area (Å²) in [6.07, 6.45) is 5.18. The zero-order chi connectivity index (χ0) is 22.3. The molecule has 0 radical (unpaired) electrons. The van der Waals surface area contributed by atoms with Crippen molar-refractivity contribution < 1.29 is 28.5 Å². The van der Waals surface area contributed by atoms with E-state index in [1.807, 2.05) is 30.3 Å². The highest BCUT2D eigenvalue weighted by atomic mass is 16.8. The van der Waals surface area contributed by atoms with Crippen LogP contribution >= 0.6 is 0 Å². The summed E-state index contributed by atoms with van der Waals surface area (Å²) in [6, 6.07) is 11.0. The lowest BCUT2D eigenvalue weighted by atomic mass is 9.82. The van der Waals surface area contributed by atoms with Crippen molar-refractivity contribution in [3.63, 3.8) is 0 Å². The molecule has 7 rings (SSSR count). The fourth-order valence-corrected chi connectivity index (χ4v) is 7.84. The van der Waals surface area contributed by atoms with Gasteiger partial charge in [0.2, 0.25) is 0 Å². The van der Waals surface area contributed by atoms with Crippen LogP contribution in [0, 0.1) is 23.7 Å². The van der Waals surface area contributed by atoms with Crippen molar-refractivity contribution in [3.05, 3.63) is 48.0 Å². The maximum atomic E-state index is 12.1. The van der Waals surface area contributed by atoms with Crippen molar-refractivity contribution in [3.8, 4) is 0 Å². The third-order valence-corrected chi connectivity index (χ3v) is 8.94. The summed E-state index contributed by atoms with van der Waals surface area (Å²) < 4.78 is 30.5. The molecule has 2 saturated carbocycles. The molecule has 0 N–H and O–H groups in total. The van der Waals surface area contributed by atoms with Crippen LogP contribution in [-0.4, -0.2) is 67.3 Å². The Labute approximate surface area is 193 Å². The summed E-state index contributed by atoms with van der Waals surface area (Å²) in [6.45, 7) is 1.87. The van der Waals surface area contributed by atoms with Crippen LogP contribution in [0.4, 0.5) is 0 Å². The number of esters is 1. The van der Waals surface area contributed by atoms with Gasteiger partial charge in [0.15, 0.2) is 18.7 Å². The van der Waals surface area contributed by atoms with Gasteiger partial charge in [0.1, 0.15) is 12.2 Å². The molecule has 7 heteroatoms. The normalized spacial score (nSPS) is 51.0. The Hall–Kier alpha value is -1.77.